The van der Waals surface area contributed by atoms with Crippen LogP contribution in [0.2, 0.25) is 0 Å². The number of rotatable bonds is 4. The molecule has 1 heterocycles. The van der Waals surface area contributed by atoms with Crippen molar-refractivity contribution in [1.29, 1.82) is 0 Å². The van der Waals surface area contributed by atoms with Gasteiger partial charge in [0.15, 0.2) is 0 Å². The molecule has 1 unspecified atom stereocenters. The third-order valence-electron chi connectivity index (χ3n) is 3.80. The quantitative estimate of drug-likeness (QED) is 0.855. The van der Waals surface area contributed by atoms with E-state index in [4.69, 9.17) is 10.5 Å². The second-order valence-corrected chi connectivity index (χ2v) is 5.12. The van der Waals surface area contributed by atoms with Crippen LogP contribution in [0.4, 0.5) is 0 Å². The summed E-state index contributed by atoms with van der Waals surface area (Å²) in [7, 11) is 1.64. The lowest BCUT2D eigenvalue weighted by molar-refractivity contribution is -0.126. The number of nitrogens with zero attached hydrogens (tertiary/aromatic N) is 1. The molecule has 2 N–H and O–H groups in total. The van der Waals surface area contributed by atoms with E-state index in [9.17, 15) is 4.79 Å². The van der Waals surface area contributed by atoms with Crippen LogP contribution in [0.3, 0.4) is 0 Å². The van der Waals surface area contributed by atoms with Crippen molar-refractivity contribution in [3.05, 3.63) is 35.9 Å². The molecule has 2 rings (SSSR count). The van der Waals surface area contributed by atoms with Crippen LogP contribution in [0.1, 0.15) is 25.3 Å². The summed E-state index contributed by atoms with van der Waals surface area (Å²) in [5, 5.41) is 0. The highest BCUT2D eigenvalue weighted by molar-refractivity contribution is 5.95. The molecular weight excluding hydrogens is 252 g/mol. The van der Waals surface area contributed by atoms with Crippen molar-refractivity contribution in [3.63, 3.8) is 0 Å². The molecule has 108 valence electrons. The fourth-order valence-electron chi connectivity index (χ4n) is 2.59. The Morgan fingerprint density at radius 2 is 2.35 bits per heavy atom. The first-order chi connectivity index (χ1) is 9.65. The van der Waals surface area contributed by atoms with E-state index >= 15 is 0 Å². The van der Waals surface area contributed by atoms with Gasteiger partial charge in [-0.05, 0) is 43.0 Å². The van der Waals surface area contributed by atoms with Crippen LogP contribution in [0, 0.1) is 0 Å². The van der Waals surface area contributed by atoms with E-state index in [2.05, 4.69) is 0 Å². The summed E-state index contributed by atoms with van der Waals surface area (Å²) in [4.78, 5) is 14.2. The molecule has 1 saturated heterocycles. The Hall–Kier alpha value is -1.81. The number of nitrogens with two attached hydrogens (primary N) is 1. The van der Waals surface area contributed by atoms with Gasteiger partial charge in [-0.1, -0.05) is 12.1 Å². The normalized spacial score (nSPS) is 19.2. The number of likely N-dealkylation sites (tertiary alicyclic amines) is 1. The Labute approximate surface area is 120 Å². The van der Waals surface area contributed by atoms with Crippen molar-refractivity contribution >= 4 is 11.5 Å². The molecule has 20 heavy (non-hydrogen) atoms. The minimum atomic E-state index is 0.0540. The molecular formula is C16H22N2O2. The maximum absolute atomic E-state index is 12.3. The number of hydrogen-bond donors (Lipinski definition) is 1. The molecule has 1 amide bonds. The average molecular weight is 274 g/mol. The number of benzene rings is 1. The predicted octanol–water partition coefficient (Wildman–Crippen LogP) is 2.05. The SMILES string of the molecule is COc1cccc(C(C)=CC(=O)N2CCCC2CN)c1. The molecule has 0 spiro atoms. The number of amides is 1. The van der Waals surface area contributed by atoms with Crippen LogP contribution in [0.15, 0.2) is 30.3 Å². The summed E-state index contributed by atoms with van der Waals surface area (Å²) in [5.41, 5.74) is 7.65. The van der Waals surface area contributed by atoms with Gasteiger partial charge in [-0.2, -0.15) is 0 Å². The van der Waals surface area contributed by atoms with Crippen LogP contribution >= 0.6 is 0 Å². The van der Waals surface area contributed by atoms with Crippen LogP contribution in [0.5, 0.6) is 5.75 Å². The maximum atomic E-state index is 12.3. The van der Waals surface area contributed by atoms with Gasteiger partial charge in [0.25, 0.3) is 0 Å². The number of ether oxygens (including phenoxy) is 1. The Bertz CT molecular complexity index is 511. The van der Waals surface area contributed by atoms with Gasteiger partial charge in [-0.25, -0.2) is 0 Å². The van der Waals surface area contributed by atoms with Crippen LogP contribution < -0.4 is 10.5 Å². The Kier molecular flexibility index (Phi) is 4.79. The van der Waals surface area contributed by atoms with E-state index in [1.807, 2.05) is 36.1 Å². The highest BCUT2D eigenvalue weighted by Gasteiger charge is 2.26. The van der Waals surface area contributed by atoms with Gasteiger partial charge in [0.05, 0.1) is 7.11 Å². The summed E-state index contributed by atoms with van der Waals surface area (Å²) in [6.45, 7) is 3.29. The molecule has 1 aromatic carbocycles. The van der Waals surface area contributed by atoms with E-state index in [0.29, 0.717) is 6.54 Å². The molecule has 0 radical (unpaired) electrons. The lowest BCUT2D eigenvalue weighted by atomic mass is 10.1. The van der Waals surface area contributed by atoms with Crippen molar-refractivity contribution < 1.29 is 9.53 Å². The molecule has 0 bridgehead atoms. The van der Waals surface area contributed by atoms with Gasteiger partial charge in [-0.3, -0.25) is 4.79 Å². The van der Waals surface area contributed by atoms with E-state index in [1.54, 1.807) is 13.2 Å². The molecule has 1 aliphatic heterocycles. The van der Waals surface area contributed by atoms with Crippen molar-refractivity contribution in [2.24, 2.45) is 5.73 Å². The van der Waals surface area contributed by atoms with Crippen molar-refractivity contribution in [2.75, 3.05) is 20.2 Å². The Balaban J connectivity index is 2.14. The van der Waals surface area contributed by atoms with Gasteiger partial charge in [-0.15, -0.1) is 0 Å². The molecule has 4 nitrogen and oxygen atoms in total. The first-order valence-corrected chi connectivity index (χ1v) is 6.99. The van der Waals surface area contributed by atoms with Crippen molar-refractivity contribution in [2.45, 2.75) is 25.8 Å². The maximum Gasteiger partial charge on any atom is 0.247 e. The third-order valence-corrected chi connectivity index (χ3v) is 3.80. The molecule has 1 aliphatic rings. The number of carbonyl (C=O) groups excluding carboxylic acids is 1. The minimum absolute atomic E-state index is 0.0540. The summed E-state index contributed by atoms with van der Waals surface area (Å²) in [5.74, 6) is 0.849. The van der Waals surface area contributed by atoms with Gasteiger partial charge in [0.2, 0.25) is 5.91 Å². The standard InChI is InChI=1S/C16H22N2O2/c1-12(13-5-3-7-15(10-13)20-2)9-16(19)18-8-4-6-14(18)11-17/h3,5,7,9-10,14H,4,6,8,11,17H2,1-2H3. The van der Waals surface area contributed by atoms with Crippen LogP contribution in [-0.4, -0.2) is 37.0 Å². The van der Waals surface area contributed by atoms with Gasteiger partial charge < -0.3 is 15.4 Å². The molecule has 1 fully saturated rings. The number of hydrogen-bond acceptors (Lipinski definition) is 3. The summed E-state index contributed by atoms with van der Waals surface area (Å²) >= 11 is 0. The van der Waals surface area contributed by atoms with Crippen LogP contribution in [-0.2, 0) is 4.79 Å². The smallest absolute Gasteiger partial charge is 0.247 e. The first kappa shape index (κ1) is 14.6. The second-order valence-electron chi connectivity index (χ2n) is 5.12. The molecule has 1 atom stereocenters. The molecule has 0 aliphatic carbocycles. The highest BCUT2D eigenvalue weighted by Crippen LogP contribution is 2.22. The minimum Gasteiger partial charge on any atom is -0.497 e. The molecule has 4 heteroatoms. The fourth-order valence-corrected chi connectivity index (χ4v) is 2.59. The monoisotopic (exact) mass is 274 g/mol. The van der Waals surface area contributed by atoms with E-state index in [0.717, 1.165) is 36.3 Å². The average Bonchev–Trinajstić information content (AvgIpc) is 2.95. The Morgan fingerprint density at radius 1 is 1.55 bits per heavy atom. The number of allylic oxidation sites excluding steroid dienone is 1. The topological polar surface area (TPSA) is 55.6 Å². The van der Waals surface area contributed by atoms with E-state index in [1.165, 1.54) is 0 Å². The molecule has 1 aromatic rings. The largest absolute Gasteiger partial charge is 0.497 e. The fraction of sp³-hybridized carbons (Fsp3) is 0.438. The zero-order chi connectivity index (χ0) is 14.5. The summed E-state index contributed by atoms with van der Waals surface area (Å²) in [6, 6.07) is 7.92. The van der Waals surface area contributed by atoms with Gasteiger partial charge in [0, 0.05) is 25.2 Å². The first-order valence-electron chi connectivity index (χ1n) is 6.99. The van der Waals surface area contributed by atoms with Gasteiger partial charge >= 0.3 is 0 Å². The van der Waals surface area contributed by atoms with Crippen molar-refractivity contribution in [1.82, 2.24) is 4.90 Å². The molecule has 0 saturated carbocycles. The zero-order valence-corrected chi connectivity index (χ0v) is 12.1. The third kappa shape index (κ3) is 3.20. The lowest BCUT2D eigenvalue weighted by Gasteiger charge is -2.22. The van der Waals surface area contributed by atoms with E-state index in [-0.39, 0.29) is 11.9 Å². The number of carbonyl (C=O) groups is 1. The second kappa shape index (κ2) is 6.57. The highest BCUT2D eigenvalue weighted by atomic mass is 16.5. The Morgan fingerprint density at radius 3 is 3.05 bits per heavy atom. The zero-order valence-electron chi connectivity index (χ0n) is 12.1. The predicted molar refractivity (Wildman–Crippen MR) is 80.4 cm³/mol. The summed E-state index contributed by atoms with van der Waals surface area (Å²) < 4.78 is 5.21. The van der Waals surface area contributed by atoms with Crippen molar-refractivity contribution in [3.8, 4) is 5.75 Å². The van der Waals surface area contributed by atoms with Gasteiger partial charge in [0.1, 0.15) is 5.75 Å². The van der Waals surface area contributed by atoms with Crippen LogP contribution in [0.25, 0.3) is 5.57 Å². The summed E-state index contributed by atoms with van der Waals surface area (Å²) in [6.07, 6.45) is 3.75. The lowest BCUT2D eigenvalue weighted by Crippen LogP contribution is -2.39. The molecule has 0 aromatic heterocycles. The van der Waals surface area contributed by atoms with E-state index < -0.39 is 0 Å². The number of methoxy groups -OCH3 is 1.